The monoisotopic (exact) mass is 173 g/mol. The third kappa shape index (κ3) is 4.36. The molecule has 0 spiro atoms. The van der Waals surface area contributed by atoms with E-state index in [-0.39, 0.29) is 6.61 Å². The minimum atomic E-state index is -0.595. The van der Waals surface area contributed by atoms with E-state index in [4.69, 9.17) is 10.2 Å². The molecule has 1 heterocycles. The molecule has 3 heteroatoms. The summed E-state index contributed by atoms with van der Waals surface area (Å²) >= 11 is 0. The van der Waals surface area contributed by atoms with Crippen LogP contribution in [0.25, 0.3) is 0 Å². The van der Waals surface area contributed by atoms with Crippen LogP contribution < -0.4 is 0 Å². The first-order valence-corrected chi connectivity index (χ1v) is 4.52. The lowest BCUT2D eigenvalue weighted by Crippen LogP contribution is -2.29. The van der Waals surface area contributed by atoms with Crippen LogP contribution >= 0.6 is 0 Å². The smallest absolute Gasteiger partial charge is 0.0945 e. The van der Waals surface area contributed by atoms with E-state index in [1.165, 1.54) is 0 Å². The van der Waals surface area contributed by atoms with Crippen LogP contribution in [0.15, 0.2) is 12.3 Å². The van der Waals surface area contributed by atoms with Gasteiger partial charge in [0.15, 0.2) is 0 Å². The molecule has 0 fully saturated rings. The van der Waals surface area contributed by atoms with Crippen molar-refractivity contribution in [3.63, 3.8) is 0 Å². The van der Waals surface area contributed by atoms with Crippen molar-refractivity contribution in [3.05, 3.63) is 12.3 Å². The van der Waals surface area contributed by atoms with Gasteiger partial charge >= 0.3 is 0 Å². The van der Waals surface area contributed by atoms with Gasteiger partial charge in [-0.3, -0.25) is 0 Å². The molecule has 0 radical (unpaired) electrons. The van der Waals surface area contributed by atoms with E-state index >= 15 is 0 Å². The summed E-state index contributed by atoms with van der Waals surface area (Å²) in [6.07, 6.45) is 4.48. The molecular weight excluding hydrogens is 154 g/mol. The summed E-state index contributed by atoms with van der Waals surface area (Å²) in [4.78, 5) is 2.00. The van der Waals surface area contributed by atoms with E-state index in [1.54, 1.807) is 0 Å². The molecule has 12 heavy (non-hydrogen) atoms. The Labute approximate surface area is 74.3 Å². The lowest BCUT2D eigenvalue weighted by atomic mass is 10.3. The molecule has 0 aromatic rings. The number of aliphatic hydroxyl groups excluding tert-OH is 2. The molecule has 0 saturated heterocycles. The third-order valence-corrected chi connectivity index (χ3v) is 1.56. The van der Waals surface area contributed by atoms with Crippen LogP contribution in [0.5, 0.6) is 0 Å². The fraction of sp³-hybridized carbons (Fsp3) is 0.778. The van der Waals surface area contributed by atoms with Gasteiger partial charge in [0.1, 0.15) is 0 Å². The quantitative estimate of drug-likeness (QED) is 0.656. The third-order valence-electron chi connectivity index (χ3n) is 1.56. The van der Waals surface area contributed by atoms with Crippen molar-refractivity contribution in [1.29, 1.82) is 0 Å². The lowest BCUT2D eigenvalue weighted by Gasteiger charge is -2.17. The zero-order valence-corrected chi connectivity index (χ0v) is 7.90. The molecular formula is C9H19NO2. The average molecular weight is 173 g/mol. The summed E-state index contributed by atoms with van der Waals surface area (Å²) in [6.45, 7) is 5.37. The SMILES string of the molecule is CC.OCC(O)CN1C=CCC1. The van der Waals surface area contributed by atoms with Gasteiger partial charge in [0.2, 0.25) is 0 Å². The Hall–Kier alpha value is -0.540. The molecule has 1 atom stereocenters. The van der Waals surface area contributed by atoms with E-state index in [0.717, 1.165) is 13.0 Å². The van der Waals surface area contributed by atoms with Gasteiger partial charge in [0.25, 0.3) is 0 Å². The Balaban J connectivity index is 0.000000561. The van der Waals surface area contributed by atoms with Crippen molar-refractivity contribution in [2.24, 2.45) is 0 Å². The summed E-state index contributed by atoms with van der Waals surface area (Å²) < 4.78 is 0. The second kappa shape index (κ2) is 7.13. The van der Waals surface area contributed by atoms with Gasteiger partial charge < -0.3 is 15.1 Å². The molecule has 0 amide bonds. The highest BCUT2D eigenvalue weighted by molar-refractivity contribution is 4.91. The van der Waals surface area contributed by atoms with E-state index in [1.807, 2.05) is 24.9 Å². The zero-order valence-electron chi connectivity index (χ0n) is 7.90. The number of nitrogens with zero attached hydrogens (tertiary/aromatic N) is 1. The van der Waals surface area contributed by atoms with Gasteiger partial charge in [-0.2, -0.15) is 0 Å². The highest BCUT2D eigenvalue weighted by atomic mass is 16.3. The van der Waals surface area contributed by atoms with Crippen LogP contribution in [0.4, 0.5) is 0 Å². The highest BCUT2D eigenvalue weighted by Gasteiger charge is 2.08. The van der Waals surface area contributed by atoms with Gasteiger partial charge in [0.05, 0.1) is 12.7 Å². The Morgan fingerprint density at radius 1 is 1.50 bits per heavy atom. The van der Waals surface area contributed by atoms with E-state index in [9.17, 15) is 0 Å². The van der Waals surface area contributed by atoms with Crippen molar-refractivity contribution in [2.75, 3.05) is 19.7 Å². The molecule has 3 nitrogen and oxygen atoms in total. The van der Waals surface area contributed by atoms with E-state index in [2.05, 4.69) is 6.08 Å². The minimum absolute atomic E-state index is 0.148. The normalized spacial score (nSPS) is 17.2. The molecule has 0 bridgehead atoms. The van der Waals surface area contributed by atoms with Crippen LogP contribution in [0, 0.1) is 0 Å². The van der Waals surface area contributed by atoms with Crippen LogP contribution in [-0.4, -0.2) is 40.9 Å². The lowest BCUT2D eigenvalue weighted by molar-refractivity contribution is 0.0737. The average Bonchev–Trinajstić information content (AvgIpc) is 2.60. The van der Waals surface area contributed by atoms with Crippen LogP contribution in [0.1, 0.15) is 20.3 Å². The van der Waals surface area contributed by atoms with Gasteiger partial charge in [-0.25, -0.2) is 0 Å². The molecule has 1 rings (SSSR count). The van der Waals surface area contributed by atoms with E-state index < -0.39 is 6.10 Å². The van der Waals surface area contributed by atoms with Gasteiger partial charge in [-0.05, 0) is 12.6 Å². The summed E-state index contributed by atoms with van der Waals surface area (Å²) in [7, 11) is 0. The molecule has 72 valence electrons. The summed E-state index contributed by atoms with van der Waals surface area (Å²) in [6, 6.07) is 0. The maximum Gasteiger partial charge on any atom is 0.0945 e. The van der Waals surface area contributed by atoms with Gasteiger partial charge in [-0.15, -0.1) is 0 Å². The molecule has 1 aliphatic heterocycles. The van der Waals surface area contributed by atoms with Gasteiger partial charge in [0, 0.05) is 13.1 Å². The zero-order chi connectivity index (χ0) is 9.40. The van der Waals surface area contributed by atoms with Crippen molar-refractivity contribution >= 4 is 0 Å². The predicted molar refractivity (Wildman–Crippen MR) is 49.8 cm³/mol. The standard InChI is InChI=1S/C7H13NO2.C2H6/c9-6-7(10)5-8-3-1-2-4-8;1-2/h1,3,7,9-10H,2,4-6H2;1-2H3. The molecule has 1 unspecified atom stereocenters. The summed E-state index contributed by atoms with van der Waals surface area (Å²) in [5, 5.41) is 17.5. The fourth-order valence-corrected chi connectivity index (χ4v) is 1.02. The molecule has 0 aliphatic carbocycles. The van der Waals surface area contributed by atoms with Crippen LogP contribution in [0.3, 0.4) is 0 Å². The van der Waals surface area contributed by atoms with Crippen molar-refractivity contribution < 1.29 is 10.2 Å². The number of aliphatic hydroxyl groups is 2. The van der Waals surface area contributed by atoms with Crippen molar-refractivity contribution in [2.45, 2.75) is 26.4 Å². The maximum atomic E-state index is 8.99. The summed E-state index contributed by atoms with van der Waals surface area (Å²) in [5.74, 6) is 0. The second-order valence-electron chi connectivity index (χ2n) is 2.50. The number of hydrogen-bond acceptors (Lipinski definition) is 3. The Morgan fingerprint density at radius 3 is 2.58 bits per heavy atom. The molecule has 2 N–H and O–H groups in total. The maximum absolute atomic E-state index is 8.99. The Bertz CT molecular complexity index is 126. The molecule has 0 aromatic carbocycles. The minimum Gasteiger partial charge on any atom is -0.394 e. The molecule has 1 aliphatic rings. The Kier molecular flexibility index (Phi) is 6.81. The largest absolute Gasteiger partial charge is 0.394 e. The number of hydrogen-bond donors (Lipinski definition) is 2. The van der Waals surface area contributed by atoms with E-state index in [0.29, 0.717) is 6.54 Å². The van der Waals surface area contributed by atoms with Gasteiger partial charge in [-0.1, -0.05) is 19.9 Å². The molecule has 0 aromatic heterocycles. The first-order valence-electron chi connectivity index (χ1n) is 4.52. The number of rotatable bonds is 3. The molecule has 0 saturated carbocycles. The first kappa shape index (κ1) is 11.5. The fourth-order valence-electron chi connectivity index (χ4n) is 1.02. The topological polar surface area (TPSA) is 43.7 Å². The predicted octanol–water partition coefficient (Wildman–Crippen LogP) is 0.585. The number of β-amino-alcohol motifs (C(OH)–C–C–N with tert-alkyl or cyclic N) is 1. The van der Waals surface area contributed by atoms with Crippen molar-refractivity contribution in [3.8, 4) is 0 Å². The van der Waals surface area contributed by atoms with Crippen LogP contribution in [-0.2, 0) is 0 Å². The Morgan fingerprint density at radius 2 is 2.17 bits per heavy atom. The first-order chi connectivity index (χ1) is 5.83. The highest BCUT2D eigenvalue weighted by Crippen LogP contribution is 2.03. The van der Waals surface area contributed by atoms with Crippen LogP contribution in [0.2, 0.25) is 0 Å². The van der Waals surface area contributed by atoms with Crippen molar-refractivity contribution in [1.82, 2.24) is 4.90 Å². The summed E-state index contributed by atoms with van der Waals surface area (Å²) in [5.41, 5.74) is 0. The second-order valence-corrected chi connectivity index (χ2v) is 2.50.